The van der Waals surface area contributed by atoms with E-state index in [0.29, 0.717) is 19.4 Å². The highest BCUT2D eigenvalue weighted by Crippen LogP contribution is 2.03. The van der Waals surface area contributed by atoms with Crippen LogP contribution >= 0.6 is 0 Å². The zero-order chi connectivity index (χ0) is 20.3. The molecule has 0 heterocycles. The Bertz CT molecular complexity index is 497. The molecule has 0 aromatic rings. The lowest BCUT2D eigenvalue weighted by Gasteiger charge is -2.23. The van der Waals surface area contributed by atoms with Crippen molar-refractivity contribution < 1.29 is 29.4 Å². The average Bonchev–Trinajstić information content (AvgIpc) is 2.55. The number of carboxylic acid groups (broad SMARTS) is 1. The molecule has 0 aliphatic carbocycles. The topological polar surface area (TPSA) is 197 Å². The van der Waals surface area contributed by atoms with Gasteiger partial charge in [0, 0.05) is 0 Å². The van der Waals surface area contributed by atoms with Crippen LogP contribution in [0.15, 0.2) is 0 Å². The number of carboxylic acids is 1. The summed E-state index contributed by atoms with van der Waals surface area (Å²) in [5, 5.41) is 25.7. The number of nitrogens with one attached hydrogen (secondary N) is 3. The number of aliphatic hydroxyl groups is 1. The molecule has 9 N–H and O–H groups in total. The first kappa shape index (κ1) is 23.8. The molecule has 4 atom stereocenters. The van der Waals surface area contributed by atoms with Gasteiger partial charge in [-0.15, -0.1) is 0 Å². The van der Waals surface area contributed by atoms with Gasteiger partial charge in [0.25, 0.3) is 0 Å². The maximum Gasteiger partial charge on any atom is 0.326 e. The van der Waals surface area contributed by atoms with Crippen LogP contribution in [0.2, 0.25) is 0 Å². The van der Waals surface area contributed by atoms with Crippen LogP contribution < -0.4 is 27.4 Å². The van der Waals surface area contributed by atoms with Crippen molar-refractivity contribution in [1.29, 1.82) is 0 Å². The molecule has 26 heavy (non-hydrogen) atoms. The first-order chi connectivity index (χ1) is 12.1. The number of aliphatic hydroxyl groups excluding tert-OH is 1. The second-order valence-electron chi connectivity index (χ2n) is 5.98. The zero-order valence-corrected chi connectivity index (χ0v) is 15.0. The van der Waals surface area contributed by atoms with Crippen molar-refractivity contribution in [2.75, 3.05) is 13.1 Å². The maximum atomic E-state index is 12.2. The van der Waals surface area contributed by atoms with Crippen LogP contribution in [0.3, 0.4) is 0 Å². The van der Waals surface area contributed by atoms with E-state index in [0.717, 1.165) is 0 Å². The van der Waals surface area contributed by atoms with Crippen molar-refractivity contribution in [1.82, 2.24) is 16.0 Å². The van der Waals surface area contributed by atoms with Crippen LogP contribution in [-0.2, 0) is 19.2 Å². The molecular weight excluding hydrogens is 346 g/mol. The summed E-state index contributed by atoms with van der Waals surface area (Å²) >= 11 is 0. The van der Waals surface area contributed by atoms with Crippen LogP contribution in [0.4, 0.5) is 0 Å². The number of rotatable bonds is 12. The summed E-state index contributed by atoms with van der Waals surface area (Å²) in [6, 6.07) is -3.33. The van der Waals surface area contributed by atoms with Gasteiger partial charge >= 0.3 is 5.97 Å². The number of aliphatic carboxylic acids is 1. The number of carbonyl (C=O) groups is 4. The summed E-state index contributed by atoms with van der Waals surface area (Å²) in [5.41, 5.74) is 10.7. The lowest BCUT2D eigenvalue weighted by atomic mass is 10.1. The number of carbonyl (C=O) groups excluding carboxylic acids is 3. The molecule has 0 spiro atoms. The van der Waals surface area contributed by atoms with Crippen molar-refractivity contribution in [2.45, 2.75) is 57.3 Å². The molecule has 0 aliphatic heterocycles. The highest BCUT2D eigenvalue weighted by Gasteiger charge is 2.29. The number of hydrogen-bond acceptors (Lipinski definition) is 7. The Balaban J connectivity index is 4.75. The minimum atomic E-state index is -1.37. The molecule has 0 rings (SSSR count). The second kappa shape index (κ2) is 12.2. The van der Waals surface area contributed by atoms with Crippen molar-refractivity contribution in [2.24, 2.45) is 11.5 Å². The second-order valence-corrected chi connectivity index (χ2v) is 5.98. The lowest BCUT2D eigenvalue weighted by molar-refractivity contribution is -0.143. The molecule has 0 fully saturated rings. The molecule has 0 radical (unpaired) electrons. The highest BCUT2D eigenvalue weighted by atomic mass is 16.4. The average molecular weight is 375 g/mol. The SMILES string of the molecule is CC(N)C(=O)NCC(=O)NC(C(=O)NC(CCCCN)C(=O)O)C(C)O. The third-order valence-corrected chi connectivity index (χ3v) is 3.48. The predicted molar refractivity (Wildman–Crippen MR) is 92.7 cm³/mol. The van der Waals surface area contributed by atoms with E-state index in [-0.39, 0.29) is 6.42 Å². The van der Waals surface area contributed by atoms with Gasteiger partial charge in [0.1, 0.15) is 12.1 Å². The molecule has 0 aromatic carbocycles. The van der Waals surface area contributed by atoms with Gasteiger partial charge < -0.3 is 37.6 Å². The smallest absolute Gasteiger partial charge is 0.326 e. The molecule has 150 valence electrons. The highest BCUT2D eigenvalue weighted by molar-refractivity contribution is 5.92. The van der Waals surface area contributed by atoms with Gasteiger partial charge in [-0.25, -0.2) is 4.79 Å². The summed E-state index contributed by atoms with van der Waals surface area (Å²) in [6.07, 6.45) is 0.00287. The Morgan fingerprint density at radius 2 is 1.65 bits per heavy atom. The van der Waals surface area contributed by atoms with Crippen LogP contribution in [0.1, 0.15) is 33.1 Å². The van der Waals surface area contributed by atoms with Crippen LogP contribution in [0, 0.1) is 0 Å². The van der Waals surface area contributed by atoms with E-state index in [1.807, 2.05) is 0 Å². The Morgan fingerprint density at radius 3 is 2.12 bits per heavy atom. The van der Waals surface area contributed by atoms with Crippen molar-refractivity contribution in [3.63, 3.8) is 0 Å². The minimum Gasteiger partial charge on any atom is -0.480 e. The van der Waals surface area contributed by atoms with E-state index >= 15 is 0 Å². The Kier molecular flexibility index (Phi) is 11.1. The van der Waals surface area contributed by atoms with E-state index in [9.17, 15) is 24.3 Å². The summed E-state index contributed by atoms with van der Waals surface area (Å²) < 4.78 is 0. The molecule has 0 aliphatic rings. The van der Waals surface area contributed by atoms with Gasteiger partial charge in [0.2, 0.25) is 17.7 Å². The van der Waals surface area contributed by atoms with Gasteiger partial charge in [-0.2, -0.15) is 0 Å². The predicted octanol–water partition coefficient (Wildman–Crippen LogP) is -2.99. The van der Waals surface area contributed by atoms with Gasteiger partial charge in [-0.3, -0.25) is 14.4 Å². The fourth-order valence-corrected chi connectivity index (χ4v) is 1.97. The van der Waals surface area contributed by atoms with Crippen LogP contribution in [0.25, 0.3) is 0 Å². The van der Waals surface area contributed by atoms with Gasteiger partial charge in [0.15, 0.2) is 0 Å². The van der Waals surface area contributed by atoms with Gasteiger partial charge in [-0.05, 0) is 39.7 Å². The minimum absolute atomic E-state index is 0.170. The summed E-state index contributed by atoms with van der Waals surface area (Å²) in [4.78, 5) is 46.6. The fraction of sp³-hybridized carbons (Fsp3) is 0.733. The maximum absolute atomic E-state index is 12.2. The van der Waals surface area contributed by atoms with Crippen LogP contribution in [0.5, 0.6) is 0 Å². The Labute approximate surface area is 151 Å². The fourth-order valence-electron chi connectivity index (χ4n) is 1.97. The van der Waals surface area contributed by atoms with Crippen LogP contribution in [-0.4, -0.2) is 71.2 Å². The Hall–Kier alpha value is -2.24. The number of hydrogen-bond donors (Lipinski definition) is 7. The molecular formula is C15H29N5O6. The van der Waals surface area contributed by atoms with E-state index in [4.69, 9.17) is 16.6 Å². The lowest BCUT2D eigenvalue weighted by Crippen LogP contribution is -2.57. The molecule has 0 aromatic heterocycles. The quantitative estimate of drug-likeness (QED) is 0.175. The third-order valence-electron chi connectivity index (χ3n) is 3.48. The normalized spacial score (nSPS) is 15.3. The Morgan fingerprint density at radius 1 is 1.04 bits per heavy atom. The number of nitrogens with two attached hydrogens (primary N) is 2. The molecule has 0 saturated carbocycles. The first-order valence-electron chi connectivity index (χ1n) is 8.34. The van der Waals surface area contributed by atoms with E-state index < -0.39 is 54.5 Å². The standard InChI is InChI=1S/C15H29N5O6/c1-8(17)13(23)18-7-11(22)20-12(9(2)21)14(24)19-10(15(25)26)5-3-4-6-16/h8-10,12,21H,3-7,16-17H2,1-2H3,(H,18,23)(H,19,24)(H,20,22)(H,25,26). The van der Waals surface area contributed by atoms with Gasteiger partial charge in [-0.1, -0.05) is 0 Å². The molecule has 0 bridgehead atoms. The van der Waals surface area contributed by atoms with E-state index in [1.165, 1.54) is 13.8 Å². The van der Waals surface area contributed by atoms with Gasteiger partial charge in [0.05, 0.1) is 18.7 Å². The monoisotopic (exact) mass is 375 g/mol. The molecule has 4 unspecified atom stereocenters. The molecule has 11 heteroatoms. The van der Waals surface area contributed by atoms with E-state index in [1.54, 1.807) is 0 Å². The molecule has 3 amide bonds. The largest absolute Gasteiger partial charge is 0.480 e. The van der Waals surface area contributed by atoms with Crippen molar-refractivity contribution >= 4 is 23.7 Å². The van der Waals surface area contributed by atoms with E-state index in [2.05, 4.69) is 16.0 Å². The number of unbranched alkanes of at least 4 members (excludes halogenated alkanes) is 1. The summed E-state index contributed by atoms with van der Waals surface area (Å²) in [7, 11) is 0. The summed E-state index contributed by atoms with van der Waals surface area (Å²) in [6.45, 7) is 2.68. The summed E-state index contributed by atoms with van der Waals surface area (Å²) in [5.74, 6) is -3.35. The molecule has 0 saturated heterocycles. The zero-order valence-electron chi connectivity index (χ0n) is 15.0. The third kappa shape index (κ3) is 9.30. The first-order valence-corrected chi connectivity index (χ1v) is 8.34. The molecule has 11 nitrogen and oxygen atoms in total. The van der Waals surface area contributed by atoms with Crippen molar-refractivity contribution in [3.8, 4) is 0 Å². The van der Waals surface area contributed by atoms with Crippen molar-refractivity contribution in [3.05, 3.63) is 0 Å². The number of amides is 3.